The molecule has 1 aliphatic carbocycles. The van der Waals surface area contributed by atoms with Crippen molar-refractivity contribution in [2.75, 3.05) is 19.6 Å². The van der Waals surface area contributed by atoms with Crippen molar-refractivity contribution in [1.82, 2.24) is 4.90 Å². The van der Waals surface area contributed by atoms with Crippen molar-refractivity contribution in [2.45, 2.75) is 36.7 Å². The molecule has 2 fully saturated rings. The molecule has 10 nitrogen and oxygen atoms in total. The first-order chi connectivity index (χ1) is 13.0. The number of rotatable bonds is 8. The number of phenols is 1. The van der Waals surface area contributed by atoms with Crippen molar-refractivity contribution in [2.24, 2.45) is 5.73 Å². The number of aromatic carboxylic acids is 1. The maximum absolute atomic E-state index is 11.6. The lowest BCUT2D eigenvalue weighted by Gasteiger charge is -2.41. The molecule has 3 rings (SSSR count). The van der Waals surface area contributed by atoms with Crippen LogP contribution in [0.3, 0.4) is 0 Å². The van der Waals surface area contributed by atoms with Gasteiger partial charge in [-0.15, -0.1) is 0 Å². The Bertz CT molecular complexity index is 794. The topological polar surface area (TPSA) is 174 Å². The number of hydrogen-bond donors (Lipinski definition) is 6. The molecule has 0 radical (unpaired) electrons. The van der Waals surface area contributed by atoms with E-state index in [1.54, 1.807) is 4.90 Å². The van der Waals surface area contributed by atoms with Gasteiger partial charge in [-0.2, -0.15) is 0 Å². The number of carbonyl (C=O) groups is 2. The lowest BCUT2D eigenvalue weighted by Crippen LogP contribution is -2.62. The van der Waals surface area contributed by atoms with Gasteiger partial charge in [0.25, 0.3) is 0 Å². The van der Waals surface area contributed by atoms with Gasteiger partial charge in [-0.05, 0) is 30.9 Å². The Kier molecular flexibility index (Phi) is 5.28. The Hall–Kier alpha value is -2.34. The molecule has 28 heavy (non-hydrogen) atoms. The highest BCUT2D eigenvalue weighted by Crippen LogP contribution is 2.56. The Labute approximate surface area is 161 Å². The molecule has 1 aliphatic heterocycles. The third kappa shape index (κ3) is 3.92. The van der Waals surface area contributed by atoms with E-state index < -0.39 is 36.2 Å². The van der Waals surface area contributed by atoms with E-state index in [9.17, 15) is 29.9 Å². The molecular weight excluding hydrogens is 371 g/mol. The van der Waals surface area contributed by atoms with Crippen LogP contribution in [0, 0.1) is 0 Å². The molecule has 0 bridgehead atoms. The molecule has 1 heterocycles. The van der Waals surface area contributed by atoms with E-state index in [2.05, 4.69) is 0 Å². The predicted molar refractivity (Wildman–Crippen MR) is 97.4 cm³/mol. The maximum Gasteiger partial charge on any atom is 0.455 e. The minimum Gasteiger partial charge on any atom is -0.507 e. The molecule has 1 aromatic carbocycles. The predicted octanol–water partition coefficient (Wildman–Crippen LogP) is -0.714. The summed E-state index contributed by atoms with van der Waals surface area (Å²) in [5.74, 6) is -3.64. The van der Waals surface area contributed by atoms with Crippen LogP contribution < -0.4 is 10.5 Å². The average Bonchev–Trinajstić information content (AvgIpc) is 3.32. The first kappa shape index (κ1) is 20.4. The first-order valence-electron chi connectivity index (χ1n) is 8.88. The van der Waals surface area contributed by atoms with E-state index in [1.807, 2.05) is 0 Å². The largest absolute Gasteiger partial charge is 0.507 e. The third-order valence-electron chi connectivity index (χ3n) is 5.26. The standard InChI is InChI=1S/C17H23BN2O8/c1-17(19,16(24)25)7-20-5-8(6-20)28-12-3-2-9(10-4-11(10)18(26)27)14(21)13(12)15(22)23/h2-3,8,10-11,21,26-27H,4-7,19H2,1H3,(H,22,23)(H,24,25)/t10-,11-,17-/m0/s1. The van der Waals surface area contributed by atoms with Crippen LogP contribution in [0.25, 0.3) is 0 Å². The molecule has 1 saturated heterocycles. The van der Waals surface area contributed by atoms with Gasteiger partial charge in [0, 0.05) is 25.5 Å². The lowest BCUT2D eigenvalue weighted by molar-refractivity contribution is -0.144. The zero-order valence-corrected chi connectivity index (χ0v) is 15.3. The number of aliphatic carboxylic acids is 1. The number of nitrogens with two attached hydrogens (primary N) is 1. The number of ether oxygens (including phenoxy) is 1. The van der Waals surface area contributed by atoms with E-state index in [0.717, 1.165) is 0 Å². The number of carboxylic acids is 2. The Morgan fingerprint density at radius 1 is 1.32 bits per heavy atom. The van der Waals surface area contributed by atoms with Gasteiger partial charge in [0.15, 0.2) is 0 Å². The first-order valence-corrected chi connectivity index (χ1v) is 8.88. The summed E-state index contributed by atoms with van der Waals surface area (Å²) in [7, 11) is -1.52. The van der Waals surface area contributed by atoms with Crippen molar-refractivity contribution in [3.8, 4) is 11.5 Å². The maximum atomic E-state index is 11.6. The Balaban J connectivity index is 1.68. The molecule has 1 saturated carbocycles. The quantitative estimate of drug-likeness (QED) is 0.309. The summed E-state index contributed by atoms with van der Waals surface area (Å²) < 4.78 is 5.69. The Morgan fingerprint density at radius 2 is 1.96 bits per heavy atom. The molecule has 3 atom stereocenters. The highest BCUT2D eigenvalue weighted by molar-refractivity contribution is 6.44. The van der Waals surface area contributed by atoms with Crippen LogP contribution in [0.1, 0.15) is 35.2 Å². The molecular formula is C17H23BN2O8. The van der Waals surface area contributed by atoms with Crippen LogP contribution in [0.5, 0.6) is 11.5 Å². The highest BCUT2D eigenvalue weighted by Gasteiger charge is 2.48. The molecule has 0 amide bonds. The van der Waals surface area contributed by atoms with Crippen LogP contribution >= 0.6 is 0 Å². The summed E-state index contributed by atoms with van der Waals surface area (Å²) in [5, 5.41) is 47.4. The molecule has 11 heteroatoms. The number of benzene rings is 1. The number of likely N-dealkylation sites (tertiary alicyclic amines) is 1. The SMILES string of the molecule is C[C@](N)(CN1CC(Oc2ccc([C@@H]3C[C@@H]3B(O)O)c(O)c2C(=O)O)C1)C(=O)O. The molecule has 0 aromatic heterocycles. The van der Waals surface area contributed by atoms with Gasteiger partial charge in [0.05, 0.1) is 0 Å². The summed E-state index contributed by atoms with van der Waals surface area (Å²) in [6, 6.07) is 2.98. The molecule has 2 aliphatic rings. The monoisotopic (exact) mass is 394 g/mol. The van der Waals surface area contributed by atoms with E-state index >= 15 is 0 Å². The Morgan fingerprint density at radius 3 is 2.46 bits per heavy atom. The molecule has 0 unspecified atom stereocenters. The summed E-state index contributed by atoms with van der Waals surface area (Å²) in [6.45, 7) is 2.30. The zero-order valence-electron chi connectivity index (χ0n) is 15.3. The van der Waals surface area contributed by atoms with E-state index in [4.69, 9.17) is 15.6 Å². The van der Waals surface area contributed by atoms with E-state index in [0.29, 0.717) is 25.1 Å². The van der Waals surface area contributed by atoms with Crippen LogP contribution in [0.2, 0.25) is 5.82 Å². The van der Waals surface area contributed by atoms with Crippen LogP contribution in [0.4, 0.5) is 0 Å². The third-order valence-corrected chi connectivity index (χ3v) is 5.26. The lowest BCUT2D eigenvalue weighted by atomic mass is 9.81. The van der Waals surface area contributed by atoms with Crippen molar-refractivity contribution < 1.29 is 39.7 Å². The smallest absolute Gasteiger partial charge is 0.455 e. The fourth-order valence-corrected chi connectivity index (χ4v) is 3.53. The minimum atomic E-state index is -1.52. The fraction of sp³-hybridized carbons (Fsp3) is 0.529. The normalized spacial score (nSPS) is 24.1. The second-order valence-corrected chi connectivity index (χ2v) is 7.76. The number of hydrogen-bond acceptors (Lipinski definition) is 8. The van der Waals surface area contributed by atoms with Gasteiger partial charge >= 0.3 is 19.1 Å². The highest BCUT2D eigenvalue weighted by atomic mass is 16.5. The summed E-state index contributed by atoms with van der Waals surface area (Å²) in [6.07, 6.45) is 0.0876. The summed E-state index contributed by atoms with van der Waals surface area (Å²) >= 11 is 0. The van der Waals surface area contributed by atoms with Crippen molar-refractivity contribution in [3.63, 3.8) is 0 Å². The second-order valence-electron chi connectivity index (χ2n) is 7.76. The fourth-order valence-electron chi connectivity index (χ4n) is 3.53. The van der Waals surface area contributed by atoms with Crippen molar-refractivity contribution in [3.05, 3.63) is 23.3 Å². The molecule has 7 N–H and O–H groups in total. The second kappa shape index (κ2) is 7.24. The molecule has 0 spiro atoms. The summed E-state index contributed by atoms with van der Waals surface area (Å²) in [4.78, 5) is 24.5. The van der Waals surface area contributed by atoms with Gasteiger partial charge < -0.3 is 35.8 Å². The van der Waals surface area contributed by atoms with Gasteiger partial charge in [-0.25, -0.2) is 4.79 Å². The van der Waals surface area contributed by atoms with Crippen LogP contribution in [-0.4, -0.2) is 80.6 Å². The van der Waals surface area contributed by atoms with Gasteiger partial charge in [0.2, 0.25) is 0 Å². The van der Waals surface area contributed by atoms with Crippen molar-refractivity contribution in [1.29, 1.82) is 0 Å². The summed E-state index contributed by atoms with van der Waals surface area (Å²) in [5.41, 5.74) is 4.29. The van der Waals surface area contributed by atoms with Gasteiger partial charge in [-0.3, -0.25) is 9.69 Å². The average molecular weight is 394 g/mol. The van der Waals surface area contributed by atoms with E-state index in [1.165, 1.54) is 19.1 Å². The molecule has 1 aromatic rings. The van der Waals surface area contributed by atoms with Crippen LogP contribution in [-0.2, 0) is 4.79 Å². The van der Waals surface area contributed by atoms with Gasteiger partial charge in [-0.1, -0.05) is 6.07 Å². The number of carboxylic acid groups (broad SMARTS) is 2. The van der Waals surface area contributed by atoms with Crippen molar-refractivity contribution >= 4 is 19.1 Å². The minimum absolute atomic E-state index is 0.00823. The van der Waals surface area contributed by atoms with Crippen LogP contribution in [0.15, 0.2) is 12.1 Å². The number of nitrogens with zero attached hydrogens (tertiary/aromatic N) is 1. The zero-order chi connectivity index (χ0) is 20.8. The number of aromatic hydroxyl groups is 1. The van der Waals surface area contributed by atoms with E-state index in [-0.39, 0.29) is 29.9 Å². The van der Waals surface area contributed by atoms with Gasteiger partial charge in [0.1, 0.15) is 28.7 Å². The molecule has 152 valence electrons.